The predicted molar refractivity (Wildman–Crippen MR) is 75.4 cm³/mol. The van der Waals surface area contributed by atoms with Crippen molar-refractivity contribution in [1.82, 2.24) is 9.80 Å². The third kappa shape index (κ3) is 1.63. The largest absolute Gasteiger partial charge is 0.358 e. The Labute approximate surface area is 110 Å². The van der Waals surface area contributed by atoms with E-state index in [1.54, 1.807) is 0 Å². The van der Waals surface area contributed by atoms with Gasteiger partial charge in [0, 0.05) is 49.7 Å². The molecular weight excluding hydrogens is 220 g/mol. The Hall–Kier alpha value is -1.44. The summed E-state index contributed by atoms with van der Waals surface area (Å²) in [7, 11) is 4.19. The lowest BCUT2D eigenvalue weighted by Crippen LogP contribution is -2.42. The van der Waals surface area contributed by atoms with Crippen LogP contribution >= 0.6 is 0 Å². The quantitative estimate of drug-likeness (QED) is 0.641. The molecule has 0 aromatic rings. The molecular formula is C16H22N2. The second-order valence-electron chi connectivity index (χ2n) is 5.88. The van der Waals surface area contributed by atoms with Crippen LogP contribution < -0.4 is 0 Å². The molecule has 0 unspecified atom stereocenters. The molecule has 0 atom stereocenters. The van der Waals surface area contributed by atoms with Crippen LogP contribution in [0, 0.1) is 10.8 Å². The molecule has 0 radical (unpaired) electrons. The number of hydrogen-bond acceptors (Lipinski definition) is 2. The monoisotopic (exact) mass is 242 g/mol. The first-order chi connectivity index (χ1) is 8.66. The minimum absolute atomic E-state index is 0.187. The van der Waals surface area contributed by atoms with E-state index >= 15 is 0 Å². The molecule has 2 heteroatoms. The third-order valence-electron chi connectivity index (χ3n) is 4.73. The Morgan fingerprint density at radius 2 is 1.00 bits per heavy atom. The van der Waals surface area contributed by atoms with Crippen molar-refractivity contribution < 1.29 is 0 Å². The van der Waals surface area contributed by atoms with Gasteiger partial charge in [0.1, 0.15) is 0 Å². The summed E-state index contributed by atoms with van der Waals surface area (Å²) in [5, 5.41) is 0. The molecule has 0 saturated heterocycles. The van der Waals surface area contributed by atoms with E-state index in [0.29, 0.717) is 0 Å². The summed E-state index contributed by atoms with van der Waals surface area (Å²) in [6.07, 6.45) is 23.7. The zero-order valence-electron chi connectivity index (χ0n) is 11.3. The van der Waals surface area contributed by atoms with Crippen LogP contribution in [0.3, 0.4) is 0 Å². The molecule has 2 spiro atoms. The molecule has 1 aliphatic carbocycles. The summed E-state index contributed by atoms with van der Waals surface area (Å²) in [5.74, 6) is 0. The molecule has 3 aliphatic rings. The molecule has 0 bridgehead atoms. The van der Waals surface area contributed by atoms with Crippen molar-refractivity contribution in [3.8, 4) is 0 Å². The molecule has 2 heterocycles. The number of allylic oxidation sites excluding steroid dienone is 4. The Kier molecular flexibility index (Phi) is 2.61. The molecule has 0 N–H and O–H groups in total. The van der Waals surface area contributed by atoms with Crippen LogP contribution in [0.4, 0.5) is 0 Å². The Bertz CT molecular complexity index is 372. The highest BCUT2D eigenvalue weighted by Gasteiger charge is 2.47. The summed E-state index contributed by atoms with van der Waals surface area (Å²) < 4.78 is 0. The zero-order valence-corrected chi connectivity index (χ0v) is 11.3. The molecule has 1 fully saturated rings. The smallest absolute Gasteiger partial charge is 0.0222 e. The molecule has 96 valence electrons. The topological polar surface area (TPSA) is 6.48 Å². The lowest BCUT2D eigenvalue weighted by atomic mass is 9.55. The van der Waals surface area contributed by atoms with E-state index in [0.717, 1.165) is 0 Å². The fourth-order valence-corrected chi connectivity index (χ4v) is 3.47. The van der Waals surface area contributed by atoms with Crippen LogP contribution in [-0.4, -0.2) is 23.9 Å². The first-order valence-corrected chi connectivity index (χ1v) is 6.87. The molecule has 0 aromatic carbocycles. The second kappa shape index (κ2) is 4.04. The molecule has 0 amide bonds. The number of nitrogens with zero attached hydrogens (tertiary/aromatic N) is 2. The SMILES string of the molecule is CN1C=CC2(C=C1)CCCCC21C=CN(C)C=C1. The highest BCUT2D eigenvalue weighted by molar-refractivity contribution is 5.33. The first-order valence-electron chi connectivity index (χ1n) is 6.87. The van der Waals surface area contributed by atoms with Gasteiger partial charge in [0.05, 0.1) is 0 Å². The second-order valence-corrected chi connectivity index (χ2v) is 5.88. The van der Waals surface area contributed by atoms with E-state index in [1.807, 2.05) is 0 Å². The maximum absolute atomic E-state index is 2.41. The predicted octanol–water partition coefficient (Wildman–Crippen LogP) is 3.48. The summed E-state index contributed by atoms with van der Waals surface area (Å²) >= 11 is 0. The van der Waals surface area contributed by atoms with Gasteiger partial charge in [-0.3, -0.25) is 0 Å². The van der Waals surface area contributed by atoms with Crippen LogP contribution in [0.25, 0.3) is 0 Å². The van der Waals surface area contributed by atoms with Gasteiger partial charge in [0.15, 0.2) is 0 Å². The summed E-state index contributed by atoms with van der Waals surface area (Å²) in [6, 6.07) is 0. The Morgan fingerprint density at radius 3 is 1.33 bits per heavy atom. The Balaban J connectivity index is 2.02. The van der Waals surface area contributed by atoms with E-state index in [1.165, 1.54) is 25.7 Å². The molecule has 2 aliphatic heterocycles. The highest BCUT2D eigenvalue weighted by Crippen LogP contribution is 2.56. The first kappa shape index (κ1) is 11.6. The standard InChI is InChI=1S/C16H22N2/c1-17-11-7-15(8-12-17)5-3-4-6-16(15)9-13-18(2)14-10-16/h7-14H,3-6H2,1-2H3. The average molecular weight is 242 g/mol. The van der Waals surface area contributed by atoms with E-state index in [2.05, 4.69) is 73.0 Å². The van der Waals surface area contributed by atoms with Crippen LogP contribution in [0.2, 0.25) is 0 Å². The lowest BCUT2D eigenvalue weighted by Gasteiger charge is -2.50. The average Bonchev–Trinajstić information content (AvgIpc) is 2.40. The molecule has 2 nitrogen and oxygen atoms in total. The molecule has 3 rings (SSSR count). The van der Waals surface area contributed by atoms with Gasteiger partial charge in [-0.25, -0.2) is 0 Å². The third-order valence-corrected chi connectivity index (χ3v) is 4.73. The van der Waals surface area contributed by atoms with Gasteiger partial charge < -0.3 is 9.80 Å². The van der Waals surface area contributed by atoms with Crippen molar-refractivity contribution in [1.29, 1.82) is 0 Å². The van der Waals surface area contributed by atoms with Gasteiger partial charge in [-0.05, 0) is 12.8 Å². The van der Waals surface area contributed by atoms with Crippen LogP contribution in [-0.2, 0) is 0 Å². The lowest BCUT2D eigenvalue weighted by molar-refractivity contribution is 0.160. The van der Waals surface area contributed by atoms with Crippen molar-refractivity contribution in [2.45, 2.75) is 25.7 Å². The van der Waals surface area contributed by atoms with Crippen LogP contribution in [0.5, 0.6) is 0 Å². The number of fused-ring (bicyclic) bond motifs is 1. The molecule has 0 aromatic heterocycles. The van der Waals surface area contributed by atoms with Gasteiger partial charge in [0.2, 0.25) is 0 Å². The molecule has 1 saturated carbocycles. The van der Waals surface area contributed by atoms with Gasteiger partial charge in [-0.2, -0.15) is 0 Å². The van der Waals surface area contributed by atoms with Crippen molar-refractivity contribution in [2.75, 3.05) is 14.1 Å². The number of hydrogen-bond donors (Lipinski definition) is 0. The van der Waals surface area contributed by atoms with Gasteiger partial charge in [-0.1, -0.05) is 37.1 Å². The van der Waals surface area contributed by atoms with E-state index in [-0.39, 0.29) is 10.8 Å². The summed E-state index contributed by atoms with van der Waals surface area (Å²) in [4.78, 5) is 4.27. The van der Waals surface area contributed by atoms with Crippen molar-refractivity contribution >= 4 is 0 Å². The zero-order chi connectivity index (χ0) is 12.6. The van der Waals surface area contributed by atoms with Crippen molar-refractivity contribution in [3.63, 3.8) is 0 Å². The van der Waals surface area contributed by atoms with E-state index in [4.69, 9.17) is 0 Å². The maximum Gasteiger partial charge on any atom is 0.0222 e. The summed E-state index contributed by atoms with van der Waals surface area (Å²) in [6.45, 7) is 0. The Morgan fingerprint density at radius 1 is 0.667 bits per heavy atom. The van der Waals surface area contributed by atoms with Gasteiger partial charge in [0.25, 0.3) is 0 Å². The minimum Gasteiger partial charge on any atom is -0.358 e. The van der Waals surface area contributed by atoms with Crippen LogP contribution in [0.15, 0.2) is 49.1 Å². The fraction of sp³-hybridized carbons (Fsp3) is 0.500. The van der Waals surface area contributed by atoms with Gasteiger partial charge >= 0.3 is 0 Å². The van der Waals surface area contributed by atoms with E-state index in [9.17, 15) is 0 Å². The van der Waals surface area contributed by atoms with Crippen LogP contribution in [0.1, 0.15) is 25.7 Å². The molecule has 18 heavy (non-hydrogen) atoms. The highest BCUT2D eigenvalue weighted by atomic mass is 15.1. The van der Waals surface area contributed by atoms with Gasteiger partial charge in [-0.15, -0.1) is 0 Å². The summed E-state index contributed by atoms with van der Waals surface area (Å²) in [5.41, 5.74) is 0.373. The maximum atomic E-state index is 2.41. The normalized spacial score (nSPS) is 27.4. The minimum atomic E-state index is 0.187. The van der Waals surface area contributed by atoms with Crippen molar-refractivity contribution in [2.24, 2.45) is 10.8 Å². The van der Waals surface area contributed by atoms with E-state index < -0.39 is 0 Å². The number of rotatable bonds is 0. The van der Waals surface area contributed by atoms with Crippen molar-refractivity contribution in [3.05, 3.63) is 49.1 Å². The fourth-order valence-electron chi connectivity index (χ4n) is 3.47.